The second kappa shape index (κ2) is 8.96. The first-order chi connectivity index (χ1) is 2.73. The average Bonchev–Trinajstić information content (AvgIpc) is 1.41. The lowest BCUT2D eigenvalue weighted by Gasteiger charge is -1.61. The molecule has 0 aliphatic carbocycles. The van der Waals surface area contributed by atoms with Crippen LogP contribution in [0.25, 0.3) is 0 Å². The van der Waals surface area contributed by atoms with Crippen LogP contribution in [0.3, 0.4) is 0 Å². The number of hydrogen-bond acceptors (Lipinski definition) is 0. The molecular weight excluding hydrogens is 118 g/mol. The summed E-state index contributed by atoms with van der Waals surface area (Å²) in [7, 11) is -3.62. The molecule has 0 radical (unpaired) electrons. The van der Waals surface area contributed by atoms with Gasteiger partial charge in [0.1, 0.15) is 0 Å². The van der Waals surface area contributed by atoms with Gasteiger partial charge in [0.25, 0.3) is 0 Å². The van der Waals surface area contributed by atoms with Crippen LogP contribution in [0.2, 0.25) is 0 Å². The molecule has 38 valence electrons. The van der Waals surface area contributed by atoms with E-state index < -0.39 is 8.85 Å². The predicted molar refractivity (Wildman–Crippen MR) is 19.9 cm³/mol. The van der Waals surface area contributed by atoms with Gasteiger partial charge in [-0.3, -0.25) is 0 Å². The van der Waals surface area contributed by atoms with E-state index in [0.29, 0.717) is 8.12 Å². The second-order valence-electron chi connectivity index (χ2n) is 0.192. The van der Waals surface area contributed by atoms with Gasteiger partial charge in [-0.15, -0.1) is 0 Å². The molecular formula is H2BF4P. The largest absolute Gasteiger partial charge is 0.456 e. The van der Waals surface area contributed by atoms with E-state index in [4.69, 9.17) is 0 Å². The highest BCUT2D eigenvalue weighted by atomic mass is 31.2. The molecule has 0 heterocycles. The first-order valence-electron chi connectivity index (χ1n) is 0.885. The Labute approximate surface area is 35.1 Å². The molecule has 0 rings (SSSR count). The Morgan fingerprint density at radius 3 is 1.00 bits per heavy atom. The van der Waals surface area contributed by atoms with Crippen molar-refractivity contribution in [2.45, 2.75) is 0 Å². The normalized spacial score (nSPS) is 6.83. The fraction of sp³-hybridized carbons (Fsp3) is 0. The Balaban J connectivity index is 0. The molecule has 0 aromatic heterocycles. The van der Waals surface area contributed by atoms with Crippen LogP contribution in [0.5, 0.6) is 0 Å². The number of rotatable bonds is 0. The minimum atomic E-state index is -4.12. The number of halogens is 4. The summed E-state index contributed by atoms with van der Waals surface area (Å²) >= 11 is 0. The summed E-state index contributed by atoms with van der Waals surface area (Å²) in [6, 6.07) is 0. The smallest absolute Gasteiger partial charge is 0.347 e. The van der Waals surface area contributed by atoms with Gasteiger partial charge in [0.05, 0.1) is 0 Å². The highest BCUT2D eigenvalue weighted by molar-refractivity contribution is 7.40. The summed E-state index contributed by atoms with van der Waals surface area (Å²) in [6.07, 6.45) is 0. The van der Waals surface area contributed by atoms with E-state index in [1.165, 1.54) is 0 Å². The standard InChI is InChI=1S/BFH2.F3P/c1-2;1-4(2)3/h1H2;. The molecule has 0 N–H and O–H groups in total. The third kappa shape index (κ3) is 943. The molecule has 0 nitrogen and oxygen atoms in total. The molecule has 0 atom stereocenters. The maximum absolute atomic E-state index is 9.73. The van der Waals surface area contributed by atoms with Crippen molar-refractivity contribution in [3.8, 4) is 0 Å². The monoisotopic (exact) mass is 120 g/mol. The van der Waals surface area contributed by atoms with Crippen molar-refractivity contribution in [3.05, 3.63) is 0 Å². The molecule has 0 saturated carbocycles. The Morgan fingerprint density at radius 2 is 1.00 bits per heavy atom. The molecule has 0 aromatic rings. The molecule has 0 aromatic carbocycles. The zero-order valence-electron chi connectivity index (χ0n) is 2.96. The molecule has 0 saturated heterocycles. The van der Waals surface area contributed by atoms with Crippen LogP contribution in [-0.4, -0.2) is 8.12 Å². The van der Waals surface area contributed by atoms with Gasteiger partial charge < -0.3 is 4.32 Å². The van der Waals surface area contributed by atoms with Gasteiger partial charge in [-0.25, -0.2) is 0 Å². The first-order valence-corrected chi connectivity index (χ1v) is 1.90. The molecule has 0 bridgehead atoms. The fourth-order valence-corrected chi connectivity index (χ4v) is 0. The molecule has 6 heteroatoms. The molecule has 0 amide bonds. The van der Waals surface area contributed by atoms with Crippen molar-refractivity contribution < 1.29 is 16.9 Å². The third-order valence-corrected chi connectivity index (χ3v) is 0. The highest BCUT2D eigenvalue weighted by Gasteiger charge is 1.91. The van der Waals surface area contributed by atoms with Gasteiger partial charge in [0, 0.05) is 0 Å². The summed E-state index contributed by atoms with van der Waals surface area (Å²) in [5.74, 6) is 0. The third-order valence-electron chi connectivity index (χ3n) is 0. The van der Waals surface area contributed by atoms with Crippen LogP contribution in [0.15, 0.2) is 0 Å². The van der Waals surface area contributed by atoms with Crippen molar-refractivity contribution >= 4 is 17.0 Å². The SMILES string of the molecule is BF.FP(F)F. The van der Waals surface area contributed by atoms with Crippen LogP contribution < -0.4 is 0 Å². The molecule has 0 aliphatic heterocycles. The molecule has 6 heavy (non-hydrogen) atoms. The van der Waals surface area contributed by atoms with E-state index >= 15 is 0 Å². The van der Waals surface area contributed by atoms with E-state index in [9.17, 15) is 16.9 Å². The zero-order valence-corrected chi connectivity index (χ0v) is 3.85. The lowest BCUT2D eigenvalue weighted by molar-refractivity contribution is 0.633. The van der Waals surface area contributed by atoms with Gasteiger partial charge >= 0.3 is 17.0 Å². The fourth-order valence-electron chi connectivity index (χ4n) is 0. The second-order valence-corrected chi connectivity index (χ2v) is 0.575. The van der Waals surface area contributed by atoms with E-state index in [1.54, 1.807) is 0 Å². The molecule has 0 unspecified atom stereocenters. The van der Waals surface area contributed by atoms with Gasteiger partial charge in [-0.2, -0.15) is 12.6 Å². The topological polar surface area (TPSA) is 0 Å². The first kappa shape index (κ1) is 9.51. The summed E-state index contributed by atoms with van der Waals surface area (Å²) in [4.78, 5) is 0. The van der Waals surface area contributed by atoms with Crippen molar-refractivity contribution in [1.29, 1.82) is 0 Å². The maximum atomic E-state index is 9.73. The molecule has 0 aliphatic rings. The molecule has 0 fully saturated rings. The summed E-state index contributed by atoms with van der Waals surface area (Å²) in [5, 5.41) is 0. The van der Waals surface area contributed by atoms with Gasteiger partial charge in [-0.1, -0.05) is 0 Å². The van der Waals surface area contributed by atoms with Crippen LogP contribution in [0.1, 0.15) is 0 Å². The van der Waals surface area contributed by atoms with E-state index in [-0.39, 0.29) is 0 Å². The average molecular weight is 120 g/mol. The zero-order chi connectivity index (χ0) is 5.58. The van der Waals surface area contributed by atoms with E-state index in [0.717, 1.165) is 0 Å². The van der Waals surface area contributed by atoms with E-state index in [2.05, 4.69) is 0 Å². The van der Waals surface area contributed by atoms with Crippen molar-refractivity contribution in [2.75, 3.05) is 0 Å². The Hall–Kier alpha value is 0.215. The quantitative estimate of drug-likeness (QED) is 0.259. The Bertz CT molecular complexity index is 12.3. The summed E-state index contributed by atoms with van der Waals surface area (Å²) < 4.78 is 38.7. The van der Waals surface area contributed by atoms with Crippen molar-refractivity contribution in [2.24, 2.45) is 0 Å². The maximum Gasteiger partial charge on any atom is 0.456 e. The lowest BCUT2D eigenvalue weighted by atomic mass is 10.7. The van der Waals surface area contributed by atoms with Gasteiger partial charge in [0.15, 0.2) is 0 Å². The highest BCUT2D eigenvalue weighted by Crippen LogP contribution is 2.39. The van der Waals surface area contributed by atoms with E-state index in [1.807, 2.05) is 0 Å². The van der Waals surface area contributed by atoms with Crippen molar-refractivity contribution in [3.63, 3.8) is 0 Å². The van der Waals surface area contributed by atoms with Crippen molar-refractivity contribution in [1.82, 2.24) is 0 Å². The van der Waals surface area contributed by atoms with Crippen LogP contribution in [0.4, 0.5) is 16.9 Å². The minimum absolute atomic E-state index is 0.500. The van der Waals surface area contributed by atoms with Crippen LogP contribution in [-0.2, 0) is 0 Å². The minimum Gasteiger partial charge on any atom is -0.347 e. The van der Waals surface area contributed by atoms with Crippen LogP contribution >= 0.6 is 8.85 Å². The van der Waals surface area contributed by atoms with Gasteiger partial charge in [-0.05, 0) is 0 Å². The Morgan fingerprint density at radius 1 is 1.00 bits per heavy atom. The summed E-state index contributed by atoms with van der Waals surface area (Å²) in [5.41, 5.74) is 0. The number of hydrogen-bond donors (Lipinski definition) is 0. The molecule has 0 spiro atoms. The summed E-state index contributed by atoms with van der Waals surface area (Å²) in [6.45, 7) is 0. The predicted octanol–water partition coefficient (Wildman–Crippen LogP) is 1.63. The Kier molecular flexibility index (Phi) is 14.2. The lowest BCUT2D eigenvalue weighted by Crippen LogP contribution is -1.10. The van der Waals surface area contributed by atoms with Crippen LogP contribution in [0, 0.1) is 0 Å². The van der Waals surface area contributed by atoms with Gasteiger partial charge in [0.2, 0.25) is 0 Å².